The summed E-state index contributed by atoms with van der Waals surface area (Å²) in [6, 6.07) is 4.90. The van der Waals surface area contributed by atoms with Crippen LogP contribution in [0.2, 0.25) is 15.1 Å². The highest BCUT2D eigenvalue weighted by atomic mass is 35.5. The van der Waals surface area contributed by atoms with Gasteiger partial charge in [0.25, 0.3) is 0 Å². The van der Waals surface area contributed by atoms with E-state index in [-0.39, 0.29) is 4.84 Å². The van der Waals surface area contributed by atoms with Gasteiger partial charge in [-0.3, -0.25) is 0 Å². The van der Waals surface area contributed by atoms with E-state index in [1.807, 2.05) is 0 Å². The van der Waals surface area contributed by atoms with Crippen LogP contribution in [-0.4, -0.2) is 4.84 Å². The van der Waals surface area contributed by atoms with E-state index in [0.29, 0.717) is 15.1 Å². The highest BCUT2D eigenvalue weighted by molar-refractivity contribution is 6.43. The van der Waals surface area contributed by atoms with Gasteiger partial charge in [-0.25, -0.2) is 0 Å². The lowest BCUT2D eigenvalue weighted by atomic mass is 10.4. The molecule has 0 saturated carbocycles. The first-order chi connectivity index (χ1) is 5.91. The Morgan fingerprint density at radius 1 is 0.846 bits per heavy atom. The molecule has 0 aliphatic rings. The molecule has 0 atom stereocenters. The van der Waals surface area contributed by atoms with Crippen LogP contribution in [0.1, 0.15) is 6.92 Å². The Labute approximate surface area is 103 Å². The van der Waals surface area contributed by atoms with Crippen LogP contribution in [0.3, 0.4) is 0 Å². The zero-order valence-corrected chi connectivity index (χ0v) is 10.5. The van der Waals surface area contributed by atoms with Crippen molar-refractivity contribution in [2.45, 2.75) is 11.8 Å². The summed E-state index contributed by atoms with van der Waals surface area (Å²) in [5.74, 6) is 0. The molecule has 0 amide bonds. The second-order valence-corrected chi connectivity index (χ2v) is 4.95. The molecule has 0 fully saturated rings. The first-order valence-corrected chi connectivity index (χ1v) is 5.32. The summed E-state index contributed by atoms with van der Waals surface area (Å²) >= 11 is 26.8. The molecule has 1 aromatic carbocycles. The molecule has 1 aromatic rings. The SMILES string of the molecule is CC(Cl)Cl.Clc1cc(Cl)cc(Cl)c1. The van der Waals surface area contributed by atoms with E-state index in [4.69, 9.17) is 58.0 Å². The third kappa shape index (κ3) is 8.99. The fraction of sp³-hybridized carbons (Fsp3) is 0.250. The lowest BCUT2D eigenvalue weighted by Crippen LogP contribution is -1.65. The summed E-state index contributed by atoms with van der Waals surface area (Å²) in [6.45, 7) is 1.70. The fourth-order valence-electron chi connectivity index (χ4n) is 0.520. The predicted molar refractivity (Wildman–Crippen MR) is 62.6 cm³/mol. The second-order valence-electron chi connectivity index (χ2n) is 2.11. The van der Waals surface area contributed by atoms with Crippen molar-refractivity contribution in [2.24, 2.45) is 0 Å². The largest absolute Gasteiger partial charge is 0.106 e. The van der Waals surface area contributed by atoms with Crippen LogP contribution in [0.5, 0.6) is 0 Å². The minimum atomic E-state index is -0.222. The summed E-state index contributed by atoms with van der Waals surface area (Å²) in [7, 11) is 0. The maximum atomic E-state index is 5.58. The van der Waals surface area contributed by atoms with Gasteiger partial charge >= 0.3 is 0 Å². The molecule has 0 nitrogen and oxygen atoms in total. The Balaban J connectivity index is 0.000000310. The molecule has 0 unspecified atom stereocenters. The van der Waals surface area contributed by atoms with E-state index in [2.05, 4.69) is 0 Å². The molecule has 13 heavy (non-hydrogen) atoms. The predicted octanol–water partition coefficient (Wildman–Crippen LogP) is 5.46. The number of benzene rings is 1. The van der Waals surface area contributed by atoms with E-state index >= 15 is 0 Å². The number of alkyl halides is 2. The smallest absolute Gasteiger partial charge is 0.105 e. The van der Waals surface area contributed by atoms with E-state index < -0.39 is 0 Å². The lowest BCUT2D eigenvalue weighted by Gasteiger charge is -1.91. The summed E-state index contributed by atoms with van der Waals surface area (Å²) in [5.41, 5.74) is 0. The normalized spacial score (nSPS) is 9.46. The topological polar surface area (TPSA) is 0 Å². The van der Waals surface area contributed by atoms with Crippen molar-refractivity contribution < 1.29 is 0 Å². The van der Waals surface area contributed by atoms with Gasteiger partial charge in [0.15, 0.2) is 0 Å². The van der Waals surface area contributed by atoms with E-state index in [9.17, 15) is 0 Å². The molecule has 74 valence electrons. The Morgan fingerprint density at radius 2 is 1.00 bits per heavy atom. The average molecular weight is 280 g/mol. The van der Waals surface area contributed by atoms with Gasteiger partial charge in [0.2, 0.25) is 0 Å². The van der Waals surface area contributed by atoms with Crippen LogP contribution in [-0.2, 0) is 0 Å². The zero-order valence-electron chi connectivity index (χ0n) is 6.70. The maximum Gasteiger partial charge on any atom is 0.105 e. The van der Waals surface area contributed by atoms with Gasteiger partial charge in [0, 0.05) is 15.1 Å². The molecule has 0 spiro atoms. The lowest BCUT2D eigenvalue weighted by molar-refractivity contribution is 1.39. The van der Waals surface area contributed by atoms with Crippen LogP contribution in [0, 0.1) is 0 Å². The van der Waals surface area contributed by atoms with Gasteiger partial charge in [-0.2, -0.15) is 0 Å². The Bertz CT molecular complexity index is 205. The number of halogens is 5. The molecule has 5 heteroatoms. The van der Waals surface area contributed by atoms with Gasteiger partial charge in [-0.15, -0.1) is 23.2 Å². The van der Waals surface area contributed by atoms with Crippen LogP contribution in [0.25, 0.3) is 0 Å². The quantitative estimate of drug-likeness (QED) is 0.554. The van der Waals surface area contributed by atoms with Gasteiger partial charge < -0.3 is 0 Å². The Hall–Kier alpha value is 0.670. The van der Waals surface area contributed by atoms with Crippen molar-refractivity contribution in [1.29, 1.82) is 0 Å². The molecule has 0 aliphatic carbocycles. The molecule has 0 radical (unpaired) electrons. The van der Waals surface area contributed by atoms with Crippen LogP contribution in [0.4, 0.5) is 0 Å². The molecular formula is C8H7Cl5. The minimum Gasteiger partial charge on any atom is -0.106 e. The number of rotatable bonds is 0. The van der Waals surface area contributed by atoms with Crippen molar-refractivity contribution in [2.75, 3.05) is 0 Å². The van der Waals surface area contributed by atoms with Crippen LogP contribution < -0.4 is 0 Å². The van der Waals surface area contributed by atoms with Gasteiger partial charge in [0.1, 0.15) is 4.84 Å². The summed E-state index contributed by atoms with van der Waals surface area (Å²) in [6.07, 6.45) is 0. The molecule has 0 aliphatic heterocycles. The van der Waals surface area contributed by atoms with E-state index in [1.54, 1.807) is 25.1 Å². The van der Waals surface area contributed by atoms with Crippen LogP contribution >= 0.6 is 58.0 Å². The molecule has 0 bridgehead atoms. The first-order valence-electron chi connectivity index (χ1n) is 3.31. The molecule has 0 saturated heterocycles. The zero-order chi connectivity index (χ0) is 10.4. The number of hydrogen-bond acceptors (Lipinski definition) is 0. The maximum absolute atomic E-state index is 5.58. The second kappa shape index (κ2) is 7.03. The summed E-state index contributed by atoms with van der Waals surface area (Å²) in [4.78, 5) is -0.222. The van der Waals surface area contributed by atoms with Crippen molar-refractivity contribution in [3.8, 4) is 0 Å². The van der Waals surface area contributed by atoms with Crippen molar-refractivity contribution in [3.63, 3.8) is 0 Å². The first kappa shape index (κ1) is 13.7. The van der Waals surface area contributed by atoms with Gasteiger partial charge in [-0.1, -0.05) is 34.8 Å². The number of hydrogen-bond donors (Lipinski definition) is 0. The van der Waals surface area contributed by atoms with Gasteiger partial charge in [0.05, 0.1) is 0 Å². The highest BCUT2D eigenvalue weighted by Gasteiger charge is 1.92. The third-order valence-corrected chi connectivity index (χ3v) is 1.48. The van der Waals surface area contributed by atoms with Crippen molar-refractivity contribution >= 4 is 58.0 Å². The minimum absolute atomic E-state index is 0.222. The van der Waals surface area contributed by atoms with E-state index in [0.717, 1.165) is 0 Å². The van der Waals surface area contributed by atoms with Crippen molar-refractivity contribution in [1.82, 2.24) is 0 Å². The summed E-state index contributed by atoms with van der Waals surface area (Å²) in [5, 5.41) is 1.69. The average Bonchev–Trinajstić information content (AvgIpc) is 1.80. The molecule has 0 heterocycles. The van der Waals surface area contributed by atoms with Crippen LogP contribution in [0.15, 0.2) is 18.2 Å². The summed E-state index contributed by atoms with van der Waals surface area (Å²) < 4.78 is 0. The van der Waals surface area contributed by atoms with Gasteiger partial charge in [-0.05, 0) is 25.1 Å². The Kier molecular flexibility index (Phi) is 7.39. The molecular weight excluding hydrogens is 273 g/mol. The molecule has 0 aromatic heterocycles. The Morgan fingerprint density at radius 3 is 1.15 bits per heavy atom. The fourth-order valence-corrected chi connectivity index (χ4v) is 1.39. The molecule has 1 rings (SSSR count). The third-order valence-electron chi connectivity index (χ3n) is 0.827. The van der Waals surface area contributed by atoms with Crippen molar-refractivity contribution in [3.05, 3.63) is 33.3 Å². The highest BCUT2D eigenvalue weighted by Crippen LogP contribution is 2.21. The monoisotopic (exact) mass is 278 g/mol. The van der Waals surface area contributed by atoms with E-state index in [1.165, 1.54) is 0 Å². The molecule has 0 N–H and O–H groups in total. The standard InChI is InChI=1S/C6H3Cl3.C2H4Cl2/c7-4-1-5(8)3-6(9)2-4;1-2(3)4/h1-3H;2H,1H3.